The fraction of sp³-hybridized carbons (Fsp3) is 0.810. The number of aliphatic hydroxyl groups is 2. The normalized spacial score (nSPS) is 52.6. The van der Waals surface area contributed by atoms with Crippen LogP contribution in [-0.2, 0) is 0 Å². The number of hydrogen-bond donors (Lipinski definition) is 2. The summed E-state index contributed by atoms with van der Waals surface area (Å²) in [6.07, 6.45) is 10.3. The molecule has 3 unspecified atom stereocenters. The monoisotopic (exact) mass is 316 g/mol. The molecule has 23 heavy (non-hydrogen) atoms. The van der Waals surface area contributed by atoms with Crippen molar-refractivity contribution >= 4 is 0 Å². The minimum Gasteiger partial charge on any atom is -0.393 e. The lowest BCUT2D eigenvalue weighted by Crippen LogP contribution is -2.52. The molecule has 0 aliphatic heterocycles. The van der Waals surface area contributed by atoms with E-state index in [1.165, 1.54) is 12.8 Å². The third-order valence-corrected chi connectivity index (χ3v) is 8.24. The third-order valence-electron chi connectivity index (χ3n) is 8.24. The number of fused-ring (bicyclic) bond motifs is 4. The van der Waals surface area contributed by atoms with Crippen molar-refractivity contribution in [2.75, 3.05) is 0 Å². The van der Waals surface area contributed by atoms with Crippen molar-refractivity contribution in [1.82, 2.24) is 0 Å². The summed E-state index contributed by atoms with van der Waals surface area (Å²) in [5.74, 6) is 2.74. The zero-order valence-corrected chi connectivity index (χ0v) is 14.7. The Morgan fingerprint density at radius 3 is 2.70 bits per heavy atom. The zero-order chi connectivity index (χ0) is 16.4. The maximum atomic E-state index is 11.1. The van der Waals surface area contributed by atoms with Crippen LogP contribution in [-0.4, -0.2) is 21.9 Å². The molecule has 0 amide bonds. The van der Waals surface area contributed by atoms with Crippen LogP contribution in [0.15, 0.2) is 23.8 Å². The Morgan fingerprint density at radius 2 is 1.96 bits per heavy atom. The minimum atomic E-state index is -0.667. The first kappa shape index (κ1) is 15.9. The molecule has 0 aromatic carbocycles. The van der Waals surface area contributed by atoms with Crippen molar-refractivity contribution in [1.29, 1.82) is 0 Å². The lowest BCUT2D eigenvalue weighted by atomic mass is 9.50. The Labute approximate surface area is 140 Å². The number of rotatable bonds is 1. The van der Waals surface area contributed by atoms with E-state index in [1.54, 1.807) is 11.1 Å². The van der Waals surface area contributed by atoms with Crippen LogP contribution in [0.5, 0.6) is 0 Å². The van der Waals surface area contributed by atoms with E-state index in [0.29, 0.717) is 17.8 Å². The van der Waals surface area contributed by atoms with E-state index in [2.05, 4.69) is 20.4 Å². The number of aliphatic hydroxyl groups excluding tert-OH is 1. The molecule has 2 saturated carbocycles. The van der Waals surface area contributed by atoms with Crippen LogP contribution in [0.25, 0.3) is 0 Å². The highest BCUT2D eigenvalue weighted by Crippen LogP contribution is 2.65. The maximum absolute atomic E-state index is 11.1. The third kappa shape index (κ3) is 2.07. The molecule has 0 aromatic rings. The standard InChI is InChI=1S/C21H32O2/c1-4-21(23)10-8-18-19-13(2)11-14-12-15(22)5-6-16(14)17(19)7-9-20(18,21)3/h4,13,15,17-19,22-23H,1,5-12H2,2-3H3/t13-,15+,17?,18?,19?,20+,21+/m1/s1. The van der Waals surface area contributed by atoms with Crippen LogP contribution in [0.2, 0.25) is 0 Å². The second-order valence-electron chi connectivity index (χ2n) is 9.12. The fourth-order valence-electron chi connectivity index (χ4n) is 6.99. The highest BCUT2D eigenvalue weighted by atomic mass is 16.3. The first-order valence-electron chi connectivity index (χ1n) is 9.64. The number of hydrogen-bond acceptors (Lipinski definition) is 2. The molecule has 2 heteroatoms. The van der Waals surface area contributed by atoms with Crippen molar-refractivity contribution in [3.63, 3.8) is 0 Å². The van der Waals surface area contributed by atoms with Gasteiger partial charge in [0, 0.05) is 5.41 Å². The first-order valence-corrected chi connectivity index (χ1v) is 9.64. The topological polar surface area (TPSA) is 40.5 Å². The fourth-order valence-corrected chi connectivity index (χ4v) is 6.99. The van der Waals surface area contributed by atoms with Crippen LogP contribution in [0, 0.1) is 29.1 Å². The molecule has 0 radical (unpaired) electrons. The molecule has 0 bridgehead atoms. The Hall–Kier alpha value is -0.600. The summed E-state index contributed by atoms with van der Waals surface area (Å²) in [5, 5.41) is 21.2. The van der Waals surface area contributed by atoms with Gasteiger partial charge in [0.15, 0.2) is 0 Å². The first-order chi connectivity index (χ1) is 10.9. The molecule has 0 aromatic heterocycles. The largest absolute Gasteiger partial charge is 0.393 e. The molecule has 7 atom stereocenters. The van der Waals surface area contributed by atoms with Crippen LogP contribution in [0.4, 0.5) is 0 Å². The molecule has 4 aliphatic rings. The van der Waals surface area contributed by atoms with E-state index in [9.17, 15) is 10.2 Å². The van der Waals surface area contributed by atoms with Gasteiger partial charge in [-0.2, -0.15) is 0 Å². The molecule has 0 heterocycles. The van der Waals surface area contributed by atoms with Crippen LogP contribution >= 0.6 is 0 Å². The van der Waals surface area contributed by atoms with Gasteiger partial charge >= 0.3 is 0 Å². The Morgan fingerprint density at radius 1 is 1.17 bits per heavy atom. The van der Waals surface area contributed by atoms with Gasteiger partial charge in [-0.3, -0.25) is 0 Å². The maximum Gasteiger partial charge on any atom is 0.0881 e. The molecule has 4 rings (SSSR count). The van der Waals surface area contributed by atoms with Crippen LogP contribution < -0.4 is 0 Å². The van der Waals surface area contributed by atoms with Crippen molar-refractivity contribution in [3.8, 4) is 0 Å². The van der Waals surface area contributed by atoms with Gasteiger partial charge in [-0.1, -0.05) is 31.1 Å². The highest BCUT2D eigenvalue weighted by molar-refractivity contribution is 5.29. The Balaban J connectivity index is 1.70. The van der Waals surface area contributed by atoms with Gasteiger partial charge in [0.1, 0.15) is 0 Å². The van der Waals surface area contributed by atoms with Crippen molar-refractivity contribution < 1.29 is 10.2 Å². The molecule has 2 nitrogen and oxygen atoms in total. The van der Waals surface area contributed by atoms with E-state index in [1.807, 2.05) is 6.08 Å². The second kappa shape index (κ2) is 5.20. The Kier molecular flexibility index (Phi) is 3.59. The minimum absolute atomic E-state index is 0.0103. The van der Waals surface area contributed by atoms with Gasteiger partial charge in [-0.25, -0.2) is 0 Å². The van der Waals surface area contributed by atoms with E-state index >= 15 is 0 Å². The number of allylic oxidation sites excluding steroid dienone is 1. The molecular weight excluding hydrogens is 284 g/mol. The average Bonchev–Trinajstić information content (AvgIpc) is 2.79. The summed E-state index contributed by atoms with van der Waals surface area (Å²) in [6.45, 7) is 8.70. The van der Waals surface area contributed by atoms with E-state index in [4.69, 9.17) is 0 Å². The average molecular weight is 316 g/mol. The summed E-state index contributed by atoms with van der Waals surface area (Å²) in [4.78, 5) is 0. The SMILES string of the molecule is C=C[C@]1(O)CCC2C3C(CC[C@@]21C)C1=C(C[C@@H](O)CC1)C[C@H]3C. The quantitative estimate of drug-likeness (QED) is 0.711. The van der Waals surface area contributed by atoms with Gasteiger partial charge in [-0.15, -0.1) is 6.58 Å². The highest BCUT2D eigenvalue weighted by Gasteiger charge is 2.61. The predicted molar refractivity (Wildman–Crippen MR) is 92.9 cm³/mol. The summed E-state index contributed by atoms with van der Waals surface area (Å²) in [5.41, 5.74) is 2.63. The molecule has 0 saturated heterocycles. The smallest absolute Gasteiger partial charge is 0.0881 e. The van der Waals surface area contributed by atoms with Gasteiger partial charge < -0.3 is 10.2 Å². The van der Waals surface area contributed by atoms with E-state index in [-0.39, 0.29) is 11.5 Å². The molecular formula is C21H32O2. The van der Waals surface area contributed by atoms with Gasteiger partial charge in [-0.05, 0) is 75.0 Å². The van der Waals surface area contributed by atoms with E-state index < -0.39 is 5.60 Å². The molecule has 0 spiro atoms. The lowest BCUT2D eigenvalue weighted by molar-refractivity contribution is -0.0864. The van der Waals surface area contributed by atoms with Crippen LogP contribution in [0.1, 0.15) is 65.2 Å². The molecule has 4 aliphatic carbocycles. The molecule has 128 valence electrons. The lowest BCUT2D eigenvalue weighted by Gasteiger charge is -2.55. The van der Waals surface area contributed by atoms with Crippen LogP contribution in [0.3, 0.4) is 0 Å². The Bertz CT molecular complexity index is 550. The van der Waals surface area contributed by atoms with Gasteiger partial charge in [0.25, 0.3) is 0 Å². The summed E-state index contributed by atoms with van der Waals surface area (Å²) in [6, 6.07) is 0. The summed E-state index contributed by atoms with van der Waals surface area (Å²) < 4.78 is 0. The zero-order valence-electron chi connectivity index (χ0n) is 14.7. The van der Waals surface area contributed by atoms with E-state index in [0.717, 1.165) is 44.4 Å². The molecule has 2 fully saturated rings. The van der Waals surface area contributed by atoms with Crippen molar-refractivity contribution in [2.45, 2.75) is 76.9 Å². The van der Waals surface area contributed by atoms with Gasteiger partial charge in [0.2, 0.25) is 0 Å². The summed E-state index contributed by atoms with van der Waals surface area (Å²) in [7, 11) is 0. The second-order valence-corrected chi connectivity index (χ2v) is 9.12. The van der Waals surface area contributed by atoms with Gasteiger partial charge in [0.05, 0.1) is 11.7 Å². The predicted octanol–water partition coefficient (Wildman–Crippen LogP) is 4.23. The summed E-state index contributed by atoms with van der Waals surface area (Å²) >= 11 is 0. The molecule has 2 N–H and O–H groups in total. The van der Waals surface area contributed by atoms with Crippen molar-refractivity contribution in [2.24, 2.45) is 29.1 Å². The van der Waals surface area contributed by atoms with Crippen molar-refractivity contribution in [3.05, 3.63) is 23.8 Å².